The Morgan fingerprint density at radius 2 is 1.85 bits per heavy atom. The van der Waals surface area contributed by atoms with Crippen molar-refractivity contribution in [2.75, 3.05) is 36.0 Å². The Balaban J connectivity index is 0.00000126. The van der Waals surface area contributed by atoms with Crippen LogP contribution >= 0.6 is 0 Å². The summed E-state index contributed by atoms with van der Waals surface area (Å²) in [6, 6.07) is 2.03. The minimum absolute atomic E-state index is 0.0480. The Hall–Kier alpha value is -2.91. The van der Waals surface area contributed by atoms with Crippen molar-refractivity contribution in [2.24, 2.45) is 5.92 Å². The van der Waals surface area contributed by atoms with Gasteiger partial charge < -0.3 is 14.7 Å². The molecule has 10 heteroatoms. The molecule has 0 unspecified atom stereocenters. The molecule has 3 aliphatic rings. The van der Waals surface area contributed by atoms with Crippen molar-refractivity contribution in [2.45, 2.75) is 52.9 Å². The first-order valence-electron chi connectivity index (χ1n) is 11.5. The lowest BCUT2D eigenvalue weighted by atomic mass is 9.95. The molecule has 0 spiro atoms. The predicted molar refractivity (Wildman–Crippen MR) is 119 cm³/mol. The number of anilines is 2. The van der Waals surface area contributed by atoms with Crippen molar-refractivity contribution in [3.05, 3.63) is 41.0 Å². The molecule has 0 radical (unpaired) electrons. The second-order valence-electron chi connectivity index (χ2n) is 8.49. The Bertz CT molecular complexity index is 1020. The van der Waals surface area contributed by atoms with Crippen LogP contribution < -0.4 is 9.80 Å². The average molecular weight is 463 g/mol. The first kappa shape index (κ1) is 23.3. The fourth-order valence-electron chi connectivity index (χ4n) is 4.35. The zero-order valence-electron chi connectivity index (χ0n) is 19.2. The van der Waals surface area contributed by atoms with Gasteiger partial charge in [0.15, 0.2) is 0 Å². The Morgan fingerprint density at radius 3 is 2.48 bits per heavy atom. The Labute approximate surface area is 191 Å². The number of aryl methyl sites for hydroxylation is 1. The third-order valence-electron chi connectivity index (χ3n) is 6.20. The number of rotatable bonds is 4. The van der Waals surface area contributed by atoms with Crippen molar-refractivity contribution >= 4 is 17.5 Å². The molecule has 0 aliphatic carbocycles. The van der Waals surface area contributed by atoms with Gasteiger partial charge in [0.05, 0.1) is 24.3 Å². The van der Waals surface area contributed by atoms with Gasteiger partial charge >= 0.3 is 6.18 Å². The van der Waals surface area contributed by atoms with E-state index in [1.807, 2.05) is 25.7 Å². The second-order valence-corrected chi connectivity index (χ2v) is 8.49. The fourth-order valence-corrected chi connectivity index (χ4v) is 4.35. The van der Waals surface area contributed by atoms with Crippen molar-refractivity contribution < 1.29 is 18.0 Å². The predicted octanol–water partition coefficient (Wildman–Crippen LogP) is 3.80. The van der Waals surface area contributed by atoms with Crippen LogP contribution in [0.1, 0.15) is 49.3 Å². The minimum Gasteiger partial charge on any atom is -0.356 e. The number of carbonyl (C=O) groups excluding carboxylic acids is 1. The van der Waals surface area contributed by atoms with Gasteiger partial charge in [-0.3, -0.25) is 4.79 Å². The molecular formula is C23H29F3N6O. The van der Waals surface area contributed by atoms with Gasteiger partial charge in [0.2, 0.25) is 5.91 Å². The highest BCUT2D eigenvalue weighted by molar-refractivity contribution is 5.78. The Kier molecular flexibility index (Phi) is 6.45. The lowest BCUT2D eigenvalue weighted by Gasteiger charge is -2.40. The van der Waals surface area contributed by atoms with E-state index in [2.05, 4.69) is 19.9 Å². The molecule has 2 fully saturated rings. The Morgan fingerprint density at radius 1 is 1.12 bits per heavy atom. The summed E-state index contributed by atoms with van der Waals surface area (Å²) in [7, 11) is 0. The molecule has 5 rings (SSSR count). The summed E-state index contributed by atoms with van der Waals surface area (Å²) < 4.78 is 38.7. The molecule has 0 saturated carbocycles. The lowest BCUT2D eigenvalue weighted by molar-refractivity contribution is -0.137. The molecule has 2 aromatic heterocycles. The number of carbonyl (C=O) groups is 1. The molecule has 0 N–H and O–H groups in total. The molecule has 2 saturated heterocycles. The van der Waals surface area contributed by atoms with Gasteiger partial charge in [-0.25, -0.2) is 15.0 Å². The van der Waals surface area contributed by atoms with E-state index >= 15 is 0 Å². The number of alkyl halides is 3. The van der Waals surface area contributed by atoms with Gasteiger partial charge in [0.1, 0.15) is 17.5 Å². The fraction of sp³-hybridized carbons (Fsp3) is 0.565. The SMILES string of the molecule is CC.Cc1nc2c(c(N3CCC3)n1)CN(C(=O)CC1CN(c3cc(C(F)(F)F)ccn3)C1)C2. The zero-order chi connectivity index (χ0) is 23.8. The molecule has 0 atom stereocenters. The van der Waals surface area contributed by atoms with E-state index in [4.69, 9.17) is 0 Å². The van der Waals surface area contributed by atoms with Crippen LogP contribution in [0, 0.1) is 12.8 Å². The third kappa shape index (κ3) is 4.74. The van der Waals surface area contributed by atoms with Crippen LogP contribution in [-0.2, 0) is 24.1 Å². The van der Waals surface area contributed by atoms with Crippen LogP contribution in [0.2, 0.25) is 0 Å². The second kappa shape index (κ2) is 9.15. The van der Waals surface area contributed by atoms with Crippen molar-refractivity contribution in [1.82, 2.24) is 19.9 Å². The molecular weight excluding hydrogens is 433 g/mol. The minimum atomic E-state index is -4.39. The summed E-state index contributed by atoms with van der Waals surface area (Å²) in [6.45, 7) is 9.91. The number of hydrogen-bond acceptors (Lipinski definition) is 6. The van der Waals surface area contributed by atoms with E-state index in [0.29, 0.717) is 38.4 Å². The highest BCUT2D eigenvalue weighted by Gasteiger charge is 2.36. The number of fused-ring (bicyclic) bond motifs is 1. The van der Waals surface area contributed by atoms with E-state index < -0.39 is 11.7 Å². The maximum absolute atomic E-state index is 12.9. The quantitative estimate of drug-likeness (QED) is 0.689. The zero-order valence-corrected chi connectivity index (χ0v) is 19.2. The molecule has 0 aromatic carbocycles. The summed E-state index contributed by atoms with van der Waals surface area (Å²) in [6.07, 6.45) is -1.69. The normalized spacial score (nSPS) is 17.7. The van der Waals surface area contributed by atoms with Gasteiger partial charge in [-0.05, 0) is 25.5 Å². The molecule has 1 amide bonds. The van der Waals surface area contributed by atoms with Crippen LogP contribution in [0.4, 0.5) is 24.8 Å². The highest BCUT2D eigenvalue weighted by atomic mass is 19.4. The van der Waals surface area contributed by atoms with Crippen LogP contribution in [0.15, 0.2) is 18.3 Å². The summed E-state index contributed by atoms with van der Waals surface area (Å²) in [5, 5.41) is 0. The number of amides is 1. The molecule has 7 nitrogen and oxygen atoms in total. The van der Waals surface area contributed by atoms with E-state index in [0.717, 1.165) is 54.5 Å². The first-order chi connectivity index (χ1) is 15.8. The van der Waals surface area contributed by atoms with Crippen LogP contribution in [0.25, 0.3) is 0 Å². The molecule has 33 heavy (non-hydrogen) atoms. The van der Waals surface area contributed by atoms with Gasteiger partial charge in [-0.2, -0.15) is 13.2 Å². The van der Waals surface area contributed by atoms with Crippen LogP contribution in [0.5, 0.6) is 0 Å². The number of aromatic nitrogens is 3. The van der Waals surface area contributed by atoms with E-state index in [1.165, 1.54) is 6.20 Å². The molecule has 3 aliphatic heterocycles. The maximum Gasteiger partial charge on any atom is 0.416 e. The molecule has 0 bridgehead atoms. The van der Waals surface area contributed by atoms with E-state index in [9.17, 15) is 18.0 Å². The smallest absolute Gasteiger partial charge is 0.356 e. The standard InChI is InChI=1S/C21H23F3N6O.C2H6/c1-13-26-17-12-30(11-16(17)20(27-13)28-5-2-6-28)19(31)7-14-9-29(10-14)18-8-15(3-4-25-18)21(22,23)24;1-2/h3-4,8,14H,2,5-7,9-12H2,1H3;1-2H3. The van der Waals surface area contributed by atoms with Crippen molar-refractivity contribution in [1.29, 1.82) is 0 Å². The first-order valence-corrected chi connectivity index (χ1v) is 11.5. The topological polar surface area (TPSA) is 65.5 Å². The van der Waals surface area contributed by atoms with E-state index in [1.54, 1.807) is 4.90 Å². The largest absolute Gasteiger partial charge is 0.416 e. The van der Waals surface area contributed by atoms with E-state index in [-0.39, 0.29) is 11.8 Å². The molecule has 2 aromatic rings. The average Bonchev–Trinajstić information content (AvgIpc) is 3.14. The highest BCUT2D eigenvalue weighted by Crippen LogP contribution is 2.35. The summed E-state index contributed by atoms with van der Waals surface area (Å²) in [4.78, 5) is 31.9. The number of halogens is 3. The van der Waals surface area contributed by atoms with Gasteiger partial charge in [0.25, 0.3) is 0 Å². The summed E-state index contributed by atoms with van der Waals surface area (Å²) >= 11 is 0. The molecule has 178 valence electrons. The summed E-state index contributed by atoms with van der Waals surface area (Å²) in [5.74, 6) is 2.13. The summed E-state index contributed by atoms with van der Waals surface area (Å²) in [5.41, 5.74) is 1.26. The monoisotopic (exact) mass is 462 g/mol. The van der Waals surface area contributed by atoms with Gasteiger partial charge in [0, 0.05) is 50.3 Å². The maximum atomic E-state index is 12.9. The third-order valence-corrected chi connectivity index (χ3v) is 6.20. The van der Waals surface area contributed by atoms with Gasteiger partial charge in [-0.1, -0.05) is 13.8 Å². The van der Waals surface area contributed by atoms with Crippen molar-refractivity contribution in [3.63, 3.8) is 0 Å². The molecule has 5 heterocycles. The number of nitrogens with zero attached hydrogens (tertiary/aromatic N) is 6. The number of pyridine rings is 1. The van der Waals surface area contributed by atoms with Crippen LogP contribution in [-0.4, -0.2) is 51.9 Å². The lowest BCUT2D eigenvalue weighted by Crippen LogP contribution is -2.49. The van der Waals surface area contributed by atoms with Crippen LogP contribution in [0.3, 0.4) is 0 Å². The van der Waals surface area contributed by atoms with Crippen molar-refractivity contribution in [3.8, 4) is 0 Å². The number of hydrogen-bond donors (Lipinski definition) is 0. The van der Waals surface area contributed by atoms with Gasteiger partial charge in [-0.15, -0.1) is 0 Å².